The fraction of sp³-hybridized carbons (Fsp3) is 0.211. The fourth-order valence-corrected chi connectivity index (χ4v) is 2.09. The summed E-state index contributed by atoms with van der Waals surface area (Å²) in [6.45, 7) is 5.89. The van der Waals surface area contributed by atoms with Crippen LogP contribution >= 0.6 is 0 Å². The van der Waals surface area contributed by atoms with Crippen LogP contribution in [0, 0.1) is 0 Å². The van der Waals surface area contributed by atoms with Gasteiger partial charge in [-0.25, -0.2) is 4.79 Å². The third-order valence-electron chi connectivity index (χ3n) is 3.35. The number of carbonyl (C=O) groups is 1. The lowest BCUT2D eigenvalue weighted by Gasteiger charge is -2.08. The second-order valence-corrected chi connectivity index (χ2v) is 4.93. The Morgan fingerprint density at radius 1 is 1.14 bits per heavy atom. The molecule has 2 nitrogen and oxygen atoms in total. The Morgan fingerprint density at radius 2 is 1.86 bits per heavy atom. The number of unbranched alkanes of at least 4 members (excludes halogenated alkanes) is 1. The number of hydrogen-bond acceptors (Lipinski definition) is 2. The van der Waals surface area contributed by atoms with Gasteiger partial charge in [0.15, 0.2) is 0 Å². The van der Waals surface area contributed by atoms with Crippen LogP contribution in [0.4, 0.5) is 0 Å². The molecule has 2 aromatic carbocycles. The summed E-state index contributed by atoms with van der Waals surface area (Å²) in [5.41, 5.74) is 2.62. The average Bonchev–Trinajstić information content (AvgIpc) is 2.54. The standard InChI is InChI=1S/C19H20O2/c1-3-5-8-15-11-13-17(14-12-15)19(20)21-18-10-7-6-9-16(18)4-2/h4,6-7,9-14H,2-3,5,8H2,1H3. The first-order valence-electron chi connectivity index (χ1n) is 7.27. The van der Waals surface area contributed by atoms with Gasteiger partial charge in [0.2, 0.25) is 0 Å². The molecule has 0 aliphatic rings. The summed E-state index contributed by atoms with van der Waals surface area (Å²) in [4.78, 5) is 12.2. The number of ether oxygens (including phenoxy) is 1. The van der Waals surface area contributed by atoms with E-state index < -0.39 is 0 Å². The first-order valence-corrected chi connectivity index (χ1v) is 7.27. The number of benzene rings is 2. The normalized spacial score (nSPS) is 10.1. The van der Waals surface area contributed by atoms with E-state index in [0.29, 0.717) is 11.3 Å². The minimum atomic E-state index is -0.341. The van der Waals surface area contributed by atoms with Gasteiger partial charge >= 0.3 is 5.97 Å². The molecule has 0 unspecified atom stereocenters. The van der Waals surface area contributed by atoms with Gasteiger partial charge in [0, 0.05) is 5.56 Å². The fourth-order valence-electron chi connectivity index (χ4n) is 2.09. The van der Waals surface area contributed by atoms with Crippen LogP contribution in [0.2, 0.25) is 0 Å². The van der Waals surface area contributed by atoms with Crippen LogP contribution in [0.1, 0.15) is 41.3 Å². The van der Waals surface area contributed by atoms with E-state index in [-0.39, 0.29) is 5.97 Å². The third kappa shape index (κ3) is 4.06. The molecule has 2 heteroatoms. The van der Waals surface area contributed by atoms with Crippen molar-refractivity contribution < 1.29 is 9.53 Å². The Morgan fingerprint density at radius 3 is 2.52 bits per heavy atom. The molecule has 0 aliphatic heterocycles. The monoisotopic (exact) mass is 280 g/mol. The van der Waals surface area contributed by atoms with E-state index in [2.05, 4.69) is 13.5 Å². The summed E-state index contributed by atoms with van der Waals surface area (Å²) >= 11 is 0. The molecular weight excluding hydrogens is 260 g/mol. The molecule has 2 aromatic rings. The molecule has 0 aliphatic carbocycles. The second kappa shape index (κ2) is 7.44. The number of para-hydroxylation sites is 1. The smallest absolute Gasteiger partial charge is 0.343 e. The zero-order valence-electron chi connectivity index (χ0n) is 12.3. The molecule has 0 radical (unpaired) electrons. The molecule has 0 N–H and O–H groups in total. The number of hydrogen-bond donors (Lipinski definition) is 0. The Bertz CT molecular complexity index is 612. The molecule has 21 heavy (non-hydrogen) atoms. The van der Waals surface area contributed by atoms with Crippen LogP contribution in [0.3, 0.4) is 0 Å². The molecule has 108 valence electrons. The summed E-state index contributed by atoms with van der Waals surface area (Å²) in [6, 6.07) is 15.0. The van der Waals surface area contributed by atoms with Crippen LogP contribution in [-0.2, 0) is 6.42 Å². The van der Waals surface area contributed by atoms with Gasteiger partial charge in [-0.05, 0) is 36.6 Å². The van der Waals surface area contributed by atoms with Crippen molar-refractivity contribution in [3.8, 4) is 5.75 Å². The van der Waals surface area contributed by atoms with E-state index in [0.717, 1.165) is 18.4 Å². The van der Waals surface area contributed by atoms with Gasteiger partial charge in [0.25, 0.3) is 0 Å². The number of esters is 1. The lowest BCUT2D eigenvalue weighted by Crippen LogP contribution is -2.09. The minimum Gasteiger partial charge on any atom is -0.422 e. The van der Waals surface area contributed by atoms with E-state index in [4.69, 9.17) is 4.74 Å². The zero-order chi connectivity index (χ0) is 15.1. The highest BCUT2D eigenvalue weighted by Gasteiger charge is 2.10. The van der Waals surface area contributed by atoms with Crippen molar-refractivity contribution in [3.05, 3.63) is 71.8 Å². The van der Waals surface area contributed by atoms with Crippen LogP contribution in [0.15, 0.2) is 55.1 Å². The SMILES string of the molecule is C=Cc1ccccc1OC(=O)c1ccc(CCCC)cc1. The minimum absolute atomic E-state index is 0.341. The van der Waals surface area contributed by atoms with Crippen LogP contribution in [0.5, 0.6) is 5.75 Å². The molecule has 0 aromatic heterocycles. The largest absolute Gasteiger partial charge is 0.422 e. The van der Waals surface area contributed by atoms with Crippen molar-refractivity contribution in [1.82, 2.24) is 0 Å². The Labute approximate surface area is 126 Å². The number of carbonyl (C=O) groups excluding carboxylic acids is 1. The van der Waals surface area contributed by atoms with E-state index >= 15 is 0 Å². The van der Waals surface area contributed by atoms with Gasteiger partial charge in [-0.15, -0.1) is 0 Å². The Hall–Kier alpha value is -2.35. The highest BCUT2D eigenvalue weighted by Crippen LogP contribution is 2.20. The van der Waals surface area contributed by atoms with E-state index in [1.54, 1.807) is 12.1 Å². The van der Waals surface area contributed by atoms with E-state index in [9.17, 15) is 4.79 Å². The summed E-state index contributed by atoms with van der Waals surface area (Å²) in [7, 11) is 0. The van der Waals surface area contributed by atoms with Crippen LogP contribution in [0.25, 0.3) is 6.08 Å². The highest BCUT2D eigenvalue weighted by atomic mass is 16.5. The van der Waals surface area contributed by atoms with Gasteiger partial charge in [0.1, 0.15) is 5.75 Å². The van der Waals surface area contributed by atoms with Crippen molar-refractivity contribution in [2.45, 2.75) is 26.2 Å². The lowest BCUT2D eigenvalue weighted by atomic mass is 10.1. The molecule has 0 saturated heterocycles. The van der Waals surface area contributed by atoms with Crippen molar-refractivity contribution >= 4 is 12.0 Å². The lowest BCUT2D eigenvalue weighted by molar-refractivity contribution is 0.0734. The first kappa shape index (κ1) is 15.0. The predicted octanol–water partition coefficient (Wildman–Crippen LogP) is 4.89. The molecule has 0 bridgehead atoms. The highest BCUT2D eigenvalue weighted by molar-refractivity contribution is 5.91. The van der Waals surface area contributed by atoms with Crippen molar-refractivity contribution in [2.24, 2.45) is 0 Å². The molecule has 0 atom stereocenters. The molecule has 0 fully saturated rings. The number of aryl methyl sites for hydroxylation is 1. The molecule has 0 heterocycles. The van der Waals surface area contributed by atoms with Crippen molar-refractivity contribution in [1.29, 1.82) is 0 Å². The van der Waals surface area contributed by atoms with E-state index in [1.165, 1.54) is 12.0 Å². The Balaban J connectivity index is 2.08. The number of rotatable bonds is 6. The summed E-state index contributed by atoms with van der Waals surface area (Å²) in [5.74, 6) is 0.193. The third-order valence-corrected chi connectivity index (χ3v) is 3.35. The maximum absolute atomic E-state index is 12.2. The topological polar surface area (TPSA) is 26.3 Å². The predicted molar refractivity (Wildman–Crippen MR) is 86.5 cm³/mol. The Kier molecular flexibility index (Phi) is 5.33. The maximum atomic E-state index is 12.2. The molecule has 2 rings (SSSR count). The van der Waals surface area contributed by atoms with Gasteiger partial charge in [-0.1, -0.05) is 56.3 Å². The van der Waals surface area contributed by atoms with Gasteiger partial charge < -0.3 is 4.74 Å². The average molecular weight is 280 g/mol. The molecule has 0 spiro atoms. The van der Waals surface area contributed by atoms with E-state index in [1.807, 2.05) is 42.5 Å². The van der Waals surface area contributed by atoms with Gasteiger partial charge in [-0.3, -0.25) is 0 Å². The summed E-state index contributed by atoms with van der Waals surface area (Å²) in [6.07, 6.45) is 5.06. The van der Waals surface area contributed by atoms with Gasteiger partial charge in [-0.2, -0.15) is 0 Å². The molecular formula is C19H20O2. The zero-order valence-corrected chi connectivity index (χ0v) is 12.3. The van der Waals surface area contributed by atoms with Crippen LogP contribution in [-0.4, -0.2) is 5.97 Å². The summed E-state index contributed by atoms with van der Waals surface area (Å²) < 4.78 is 5.43. The second-order valence-electron chi connectivity index (χ2n) is 4.93. The van der Waals surface area contributed by atoms with Crippen molar-refractivity contribution in [2.75, 3.05) is 0 Å². The summed E-state index contributed by atoms with van der Waals surface area (Å²) in [5, 5.41) is 0. The molecule has 0 saturated carbocycles. The van der Waals surface area contributed by atoms with Crippen molar-refractivity contribution in [3.63, 3.8) is 0 Å². The first-order chi connectivity index (χ1) is 10.2. The van der Waals surface area contributed by atoms with Gasteiger partial charge in [0.05, 0.1) is 5.56 Å². The quantitative estimate of drug-likeness (QED) is 0.556. The molecule has 0 amide bonds. The van der Waals surface area contributed by atoms with Crippen LogP contribution < -0.4 is 4.74 Å². The maximum Gasteiger partial charge on any atom is 0.343 e.